The molecule has 1 aromatic rings. The molecule has 21 heavy (non-hydrogen) atoms. The van der Waals surface area contributed by atoms with Crippen molar-refractivity contribution in [3.05, 3.63) is 17.5 Å². The molecular formula is C13H18N2O6. The molecule has 1 aliphatic rings. The second-order valence-electron chi connectivity index (χ2n) is 5.67. The van der Waals surface area contributed by atoms with Gasteiger partial charge in [0.1, 0.15) is 17.2 Å². The summed E-state index contributed by atoms with van der Waals surface area (Å²) in [5.74, 6) is -1.07. The highest BCUT2D eigenvalue weighted by Gasteiger charge is 2.36. The predicted octanol–water partition coefficient (Wildman–Crippen LogP) is 1.68. The molecule has 0 spiro atoms. The number of aromatic carboxylic acids is 1. The Balaban J connectivity index is 2.25. The molecule has 1 unspecified atom stereocenters. The van der Waals surface area contributed by atoms with Crippen molar-refractivity contribution in [3.8, 4) is 0 Å². The fraction of sp³-hybridized carbons (Fsp3) is 0.615. The average molecular weight is 298 g/mol. The monoisotopic (exact) mass is 298 g/mol. The van der Waals surface area contributed by atoms with Crippen LogP contribution in [-0.2, 0) is 9.47 Å². The van der Waals surface area contributed by atoms with Crippen LogP contribution in [0.15, 0.2) is 10.7 Å². The molecule has 1 N–H and O–H groups in total. The van der Waals surface area contributed by atoms with Crippen molar-refractivity contribution in [2.75, 3.05) is 19.8 Å². The van der Waals surface area contributed by atoms with E-state index in [4.69, 9.17) is 19.1 Å². The van der Waals surface area contributed by atoms with Crippen molar-refractivity contribution in [1.82, 2.24) is 10.1 Å². The third-order valence-electron chi connectivity index (χ3n) is 2.89. The highest BCUT2D eigenvalue weighted by Crippen LogP contribution is 2.28. The van der Waals surface area contributed by atoms with Crippen LogP contribution >= 0.6 is 0 Å². The second-order valence-corrected chi connectivity index (χ2v) is 5.67. The lowest BCUT2D eigenvalue weighted by molar-refractivity contribution is -0.0391. The molecular weight excluding hydrogens is 280 g/mol. The SMILES string of the molecule is CC(C)(C)OC(=O)N1CCOCC1c1oncc1C(=O)O. The number of hydrogen-bond acceptors (Lipinski definition) is 6. The van der Waals surface area contributed by atoms with Crippen LogP contribution in [0, 0.1) is 0 Å². The first kappa shape index (κ1) is 15.3. The van der Waals surface area contributed by atoms with E-state index in [0.717, 1.165) is 6.20 Å². The number of morpholine rings is 1. The first-order chi connectivity index (χ1) is 9.79. The summed E-state index contributed by atoms with van der Waals surface area (Å²) in [4.78, 5) is 24.8. The van der Waals surface area contributed by atoms with Crippen molar-refractivity contribution in [1.29, 1.82) is 0 Å². The Labute approximate surface area is 121 Å². The minimum atomic E-state index is -1.17. The number of hydrogen-bond donors (Lipinski definition) is 1. The number of carbonyl (C=O) groups excluding carboxylic acids is 1. The Morgan fingerprint density at radius 3 is 2.81 bits per heavy atom. The van der Waals surface area contributed by atoms with E-state index in [1.165, 1.54) is 4.90 Å². The molecule has 116 valence electrons. The van der Waals surface area contributed by atoms with Crippen LogP contribution in [0.5, 0.6) is 0 Å². The van der Waals surface area contributed by atoms with Gasteiger partial charge >= 0.3 is 12.1 Å². The number of amides is 1. The number of carbonyl (C=O) groups is 2. The van der Waals surface area contributed by atoms with E-state index in [0.29, 0.717) is 13.2 Å². The molecule has 1 atom stereocenters. The Hall–Kier alpha value is -2.09. The topological polar surface area (TPSA) is 102 Å². The zero-order chi connectivity index (χ0) is 15.6. The molecule has 0 bridgehead atoms. The number of nitrogens with zero attached hydrogens (tertiary/aromatic N) is 2. The summed E-state index contributed by atoms with van der Waals surface area (Å²) in [6.07, 6.45) is 0.572. The smallest absolute Gasteiger partial charge is 0.411 e. The van der Waals surface area contributed by atoms with Crippen LogP contribution < -0.4 is 0 Å². The van der Waals surface area contributed by atoms with Crippen molar-refractivity contribution < 1.29 is 28.7 Å². The van der Waals surface area contributed by atoms with E-state index < -0.39 is 23.7 Å². The molecule has 2 heterocycles. The highest BCUT2D eigenvalue weighted by molar-refractivity contribution is 5.88. The minimum Gasteiger partial charge on any atom is -0.478 e. The Morgan fingerprint density at radius 2 is 2.19 bits per heavy atom. The average Bonchev–Trinajstić information content (AvgIpc) is 2.85. The first-order valence-electron chi connectivity index (χ1n) is 6.55. The molecule has 1 saturated heterocycles. The number of carboxylic acid groups (broad SMARTS) is 1. The molecule has 2 rings (SSSR count). The van der Waals surface area contributed by atoms with Crippen LogP contribution in [0.25, 0.3) is 0 Å². The maximum Gasteiger partial charge on any atom is 0.411 e. The first-order valence-corrected chi connectivity index (χ1v) is 6.55. The number of rotatable bonds is 2. The summed E-state index contributed by atoms with van der Waals surface area (Å²) >= 11 is 0. The molecule has 0 saturated carbocycles. The Kier molecular flexibility index (Phi) is 4.17. The van der Waals surface area contributed by atoms with E-state index in [9.17, 15) is 9.59 Å². The fourth-order valence-electron chi connectivity index (χ4n) is 2.01. The lowest BCUT2D eigenvalue weighted by Gasteiger charge is -2.35. The van der Waals surface area contributed by atoms with Gasteiger partial charge in [-0.3, -0.25) is 4.90 Å². The minimum absolute atomic E-state index is 0.0842. The van der Waals surface area contributed by atoms with Gasteiger partial charge in [-0.25, -0.2) is 9.59 Å². The zero-order valence-corrected chi connectivity index (χ0v) is 12.2. The van der Waals surface area contributed by atoms with E-state index in [1.54, 1.807) is 20.8 Å². The van der Waals surface area contributed by atoms with Crippen LogP contribution in [0.3, 0.4) is 0 Å². The van der Waals surface area contributed by atoms with E-state index in [-0.39, 0.29) is 17.9 Å². The van der Waals surface area contributed by atoms with Crippen LogP contribution in [0.1, 0.15) is 42.9 Å². The van der Waals surface area contributed by atoms with Gasteiger partial charge in [-0.15, -0.1) is 0 Å². The summed E-state index contributed by atoms with van der Waals surface area (Å²) in [7, 11) is 0. The summed E-state index contributed by atoms with van der Waals surface area (Å²) in [5.41, 5.74) is -0.726. The van der Waals surface area contributed by atoms with Crippen molar-refractivity contribution in [2.24, 2.45) is 0 Å². The summed E-state index contributed by atoms with van der Waals surface area (Å²) in [6.45, 7) is 6.06. The van der Waals surface area contributed by atoms with Crippen LogP contribution in [0.4, 0.5) is 4.79 Å². The Bertz CT molecular complexity index is 533. The van der Waals surface area contributed by atoms with E-state index in [1.807, 2.05) is 0 Å². The van der Waals surface area contributed by atoms with E-state index >= 15 is 0 Å². The number of carboxylic acids is 1. The number of ether oxygens (including phenoxy) is 2. The lowest BCUT2D eigenvalue weighted by Crippen LogP contribution is -2.45. The third kappa shape index (κ3) is 3.52. The Morgan fingerprint density at radius 1 is 1.48 bits per heavy atom. The van der Waals surface area contributed by atoms with Gasteiger partial charge in [0, 0.05) is 6.54 Å². The molecule has 8 nitrogen and oxygen atoms in total. The van der Waals surface area contributed by atoms with Gasteiger partial charge in [0.15, 0.2) is 5.76 Å². The normalized spacial score (nSPS) is 19.4. The van der Waals surface area contributed by atoms with E-state index in [2.05, 4.69) is 5.16 Å². The summed E-state index contributed by atoms with van der Waals surface area (Å²) in [6, 6.07) is -0.665. The largest absolute Gasteiger partial charge is 0.478 e. The van der Waals surface area contributed by atoms with Crippen LogP contribution in [0.2, 0.25) is 0 Å². The van der Waals surface area contributed by atoms with Gasteiger partial charge in [0.05, 0.1) is 19.4 Å². The van der Waals surface area contributed by atoms with Gasteiger partial charge in [0.2, 0.25) is 0 Å². The number of aromatic nitrogens is 1. The molecule has 1 fully saturated rings. The quantitative estimate of drug-likeness (QED) is 0.886. The van der Waals surface area contributed by atoms with Crippen molar-refractivity contribution >= 4 is 12.1 Å². The highest BCUT2D eigenvalue weighted by atomic mass is 16.6. The standard InChI is InChI=1S/C13H18N2O6/c1-13(2,3)20-12(18)15-4-5-19-7-9(15)10-8(11(16)17)6-14-21-10/h6,9H,4-5,7H2,1-3H3,(H,16,17). The maximum atomic E-state index is 12.2. The zero-order valence-electron chi connectivity index (χ0n) is 12.2. The van der Waals surface area contributed by atoms with Gasteiger partial charge in [-0.1, -0.05) is 5.16 Å². The maximum absolute atomic E-state index is 12.2. The van der Waals surface area contributed by atoms with Gasteiger partial charge < -0.3 is 19.1 Å². The third-order valence-corrected chi connectivity index (χ3v) is 2.89. The molecule has 8 heteroatoms. The van der Waals surface area contributed by atoms with Gasteiger partial charge in [-0.05, 0) is 20.8 Å². The molecule has 1 aliphatic heterocycles. The molecule has 0 aliphatic carbocycles. The van der Waals surface area contributed by atoms with Crippen molar-refractivity contribution in [2.45, 2.75) is 32.4 Å². The van der Waals surface area contributed by atoms with Crippen LogP contribution in [-0.4, -0.2) is 52.6 Å². The lowest BCUT2D eigenvalue weighted by atomic mass is 10.1. The van der Waals surface area contributed by atoms with Gasteiger partial charge in [0.25, 0.3) is 0 Å². The second kappa shape index (κ2) is 5.72. The summed E-state index contributed by atoms with van der Waals surface area (Å²) < 4.78 is 15.7. The molecule has 0 radical (unpaired) electrons. The van der Waals surface area contributed by atoms with Gasteiger partial charge in [-0.2, -0.15) is 0 Å². The fourth-order valence-corrected chi connectivity index (χ4v) is 2.01. The summed E-state index contributed by atoms with van der Waals surface area (Å²) in [5, 5.41) is 12.6. The predicted molar refractivity (Wildman–Crippen MR) is 70.0 cm³/mol. The molecule has 1 amide bonds. The molecule has 1 aromatic heterocycles. The molecule has 0 aromatic carbocycles. The van der Waals surface area contributed by atoms with Crippen molar-refractivity contribution in [3.63, 3.8) is 0 Å².